The van der Waals surface area contributed by atoms with E-state index in [9.17, 15) is 0 Å². The number of hydrogen-bond acceptors (Lipinski definition) is 4. The number of aromatic nitrogens is 2. The van der Waals surface area contributed by atoms with Gasteiger partial charge in [-0.1, -0.05) is 19.6 Å². The Bertz CT molecular complexity index is 460. The predicted molar refractivity (Wildman–Crippen MR) is 75.3 cm³/mol. The molecule has 18 heavy (non-hydrogen) atoms. The Hall–Kier alpha value is -2.04. The van der Waals surface area contributed by atoms with Crippen molar-refractivity contribution >= 4 is 11.9 Å². The molecule has 0 aliphatic rings. The standard InChI is InChI=1S/C13H20N4O/c1-6-8-11(14-9-7-2)17(4)12-10(3)15-16-13(12)18-5/h6,8-9H,1,7H2,2-5H3,(H,15,16)/b11-8+,14-9?. The van der Waals surface area contributed by atoms with Crippen LogP contribution >= 0.6 is 0 Å². The molecule has 1 aromatic rings. The fourth-order valence-electron chi connectivity index (χ4n) is 1.58. The van der Waals surface area contributed by atoms with Crippen molar-refractivity contribution in [1.82, 2.24) is 10.2 Å². The van der Waals surface area contributed by atoms with Crippen molar-refractivity contribution in [3.05, 3.63) is 30.2 Å². The van der Waals surface area contributed by atoms with Gasteiger partial charge in [0.15, 0.2) is 0 Å². The smallest absolute Gasteiger partial charge is 0.256 e. The van der Waals surface area contributed by atoms with Gasteiger partial charge in [0.1, 0.15) is 11.5 Å². The average molecular weight is 248 g/mol. The Morgan fingerprint density at radius 3 is 2.89 bits per heavy atom. The zero-order chi connectivity index (χ0) is 13.5. The van der Waals surface area contributed by atoms with Crippen LogP contribution in [0.15, 0.2) is 29.5 Å². The van der Waals surface area contributed by atoms with Gasteiger partial charge in [0.25, 0.3) is 5.88 Å². The minimum absolute atomic E-state index is 0.552. The van der Waals surface area contributed by atoms with E-state index in [1.165, 1.54) is 0 Å². The van der Waals surface area contributed by atoms with Crippen LogP contribution < -0.4 is 9.64 Å². The minimum atomic E-state index is 0.552. The molecule has 5 heteroatoms. The summed E-state index contributed by atoms with van der Waals surface area (Å²) in [7, 11) is 3.52. The first-order valence-electron chi connectivity index (χ1n) is 5.83. The first kappa shape index (κ1) is 14.0. The highest BCUT2D eigenvalue weighted by Gasteiger charge is 2.17. The summed E-state index contributed by atoms with van der Waals surface area (Å²) in [6, 6.07) is 0. The highest BCUT2D eigenvalue weighted by Crippen LogP contribution is 2.30. The van der Waals surface area contributed by atoms with Crippen LogP contribution in [0.4, 0.5) is 5.69 Å². The van der Waals surface area contributed by atoms with Crippen molar-refractivity contribution in [3.8, 4) is 5.88 Å². The van der Waals surface area contributed by atoms with E-state index in [0.29, 0.717) is 5.88 Å². The number of rotatable bonds is 6. The van der Waals surface area contributed by atoms with Gasteiger partial charge >= 0.3 is 0 Å². The number of allylic oxidation sites excluding steroid dienone is 2. The van der Waals surface area contributed by atoms with Crippen molar-refractivity contribution < 1.29 is 4.74 Å². The molecule has 98 valence electrons. The molecule has 0 aliphatic carbocycles. The van der Waals surface area contributed by atoms with Crippen molar-refractivity contribution in [2.45, 2.75) is 20.3 Å². The topological polar surface area (TPSA) is 53.5 Å². The van der Waals surface area contributed by atoms with Gasteiger partial charge in [-0.3, -0.25) is 5.10 Å². The maximum atomic E-state index is 5.23. The monoisotopic (exact) mass is 248 g/mol. The van der Waals surface area contributed by atoms with Crippen LogP contribution in [0.25, 0.3) is 0 Å². The second kappa shape index (κ2) is 6.64. The molecular formula is C13H20N4O. The van der Waals surface area contributed by atoms with Gasteiger partial charge in [0.2, 0.25) is 0 Å². The Morgan fingerprint density at radius 2 is 2.33 bits per heavy atom. The Labute approximate surface area is 108 Å². The molecule has 1 rings (SSSR count). The van der Waals surface area contributed by atoms with Crippen molar-refractivity contribution in [1.29, 1.82) is 0 Å². The summed E-state index contributed by atoms with van der Waals surface area (Å²) >= 11 is 0. The molecule has 0 atom stereocenters. The highest BCUT2D eigenvalue weighted by atomic mass is 16.5. The maximum absolute atomic E-state index is 5.23. The maximum Gasteiger partial charge on any atom is 0.256 e. The molecule has 0 saturated heterocycles. The van der Waals surface area contributed by atoms with Crippen LogP contribution in [0.5, 0.6) is 5.88 Å². The molecule has 1 aromatic heterocycles. The largest absolute Gasteiger partial charge is 0.478 e. The minimum Gasteiger partial charge on any atom is -0.478 e. The van der Waals surface area contributed by atoms with Crippen LogP contribution in [-0.4, -0.2) is 30.6 Å². The van der Waals surface area contributed by atoms with Crippen molar-refractivity contribution in [2.24, 2.45) is 4.99 Å². The number of H-pyrrole nitrogens is 1. The number of aromatic amines is 1. The molecule has 0 amide bonds. The molecule has 0 saturated carbocycles. The Morgan fingerprint density at radius 1 is 1.61 bits per heavy atom. The van der Waals surface area contributed by atoms with Gasteiger partial charge in [0.05, 0.1) is 12.8 Å². The lowest BCUT2D eigenvalue weighted by Crippen LogP contribution is -2.16. The van der Waals surface area contributed by atoms with Gasteiger partial charge in [-0.05, 0) is 19.4 Å². The molecule has 0 aliphatic heterocycles. The van der Waals surface area contributed by atoms with Crippen LogP contribution in [-0.2, 0) is 0 Å². The van der Waals surface area contributed by atoms with E-state index < -0.39 is 0 Å². The van der Waals surface area contributed by atoms with E-state index in [4.69, 9.17) is 4.74 Å². The van der Waals surface area contributed by atoms with E-state index in [1.54, 1.807) is 13.2 Å². The second-order valence-electron chi connectivity index (χ2n) is 3.75. The number of nitrogens with one attached hydrogen (secondary N) is 1. The van der Waals surface area contributed by atoms with Crippen molar-refractivity contribution in [3.63, 3.8) is 0 Å². The van der Waals surface area contributed by atoms with Gasteiger partial charge in [-0.25, -0.2) is 4.99 Å². The summed E-state index contributed by atoms with van der Waals surface area (Å²) in [5.74, 6) is 1.34. The summed E-state index contributed by atoms with van der Waals surface area (Å²) in [6.07, 6.45) is 6.29. The zero-order valence-electron chi connectivity index (χ0n) is 11.4. The van der Waals surface area contributed by atoms with E-state index in [-0.39, 0.29) is 0 Å². The van der Waals surface area contributed by atoms with Gasteiger partial charge in [-0.15, -0.1) is 5.10 Å². The molecule has 0 fully saturated rings. The molecule has 0 bridgehead atoms. The third-order valence-corrected chi connectivity index (χ3v) is 2.43. The van der Waals surface area contributed by atoms with Crippen molar-refractivity contribution in [2.75, 3.05) is 19.1 Å². The fraction of sp³-hybridized carbons (Fsp3) is 0.385. The average Bonchev–Trinajstić information content (AvgIpc) is 2.74. The fourth-order valence-corrected chi connectivity index (χ4v) is 1.58. The van der Waals surface area contributed by atoms with Gasteiger partial charge in [0, 0.05) is 13.3 Å². The summed E-state index contributed by atoms with van der Waals surface area (Å²) in [6.45, 7) is 7.69. The quantitative estimate of drug-likeness (QED) is 0.622. The molecule has 0 radical (unpaired) electrons. The van der Waals surface area contributed by atoms with E-state index in [2.05, 4.69) is 21.8 Å². The Kier molecular flexibility index (Phi) is 5.17. The highest BCUT2D eigenvalue weighted by molar-refractivity contribution is 5.65. The molecule has 5 nitrogen and oxygen atoms in total. The van der Waals surface area contributed by atoms with Crippen LogP contribution in [0.3, 0.4) is 0 Å². The van der Waals surface area contributed by atoms with Gasteiger partial charge < -0.3 is 9.64 Å². The predicted octanol–water partition coefficient (Wildman–Crippen LogP) is 2.67. The number of hydrogen-bond donors (Lipinski definition) is 1. The molecule has 0 spiro atoms. The first-order chi connectivity index (χ1) is 8.65. The third kappa shape index (κ3) is 3.00. The summed E-state index contributed by atoms with van der Waals surface area (Å²) < 4.78 is 5.23. The van der Waals surface area contributed by atoms with Crippen LogP contribution in [0.2, 0.25) is 0 Å². The van der Waals surface area contributed by atoms with Crippen LogP contribution in [0, 0.1) is 6.92 Å². The normalized spacial score (nSPS) is 11.9. The number of methoxy groups -OCH3 is 1. The molecule has 1 N–H and O–H groups in total. The first-order valence-corrected chi connectivity index (χ1v) is 5.83. The summed E-state index contributed by atoms with van der Waals surface area (Å²) in [5, 5.41) is 6.98. The SMILES string of the molecule is C=C/C=C(\N=CCC)N(C)c1c(OC)n[nH]c1C. The number of anilines is 1. The third-order valence-electron chi connectivity index (χ3n) is 2.43. The lowest BCUT2D eigenvalue weighted by molar-refractivity contribution is 0.397. The molecule has 0 aromatic carbocycles. The Balaban J connectivity index is 3.13. The molecule has 1 heterocycles. The second-order valence-corrected chi connectivity index (χ2v) is 3.75. The summed E-state index contributed by atoms with van der Waals surface area (Å²) in [5.41, 5.74) is 1.80. The lowest BCUT2D eigenvalue weighted by atomic mass is 10.3. The van der Waals surface area contributed by atoms with E-state index >= 15 is 0 Å². The lowest BCUT2D eigenvalue weighted by Gasteiger charge is -2.19. The zero-order valence-corrected chi connectivity index (χ0v) is 11.4. The van der Waals surface area contributed by atoms with Crippen LogP contribution in [0.1, 0.15) is 19.0 Å². The summed E-state index contributed by atoms with van der Waals surface area (Å²) in [4.78, 5) is 6.32. The van der Waals surface area contributed by atoms with Gasteiger partial charge in [-0.2, -0.15) is 0 Å². The number of aryl methyl sites for hydroxylation is 1. The number of aliphatic imine (C=N–C) groups is 1. The number of ether oxygens (including phenoxy) is 1. The number of nitrogens with zero attached hydrogens (tertiary/aromatic N) is 3. The molecule has 0 unspecified atom stereocenters. The van der Waals surface area contributed by atoms with E-state index in [1.807, 2.05) is 38.1 Å². The van der Waals surface area contributed by atoms with E-state index in [0.717, 1.165) is 23.6 Å². The molecular weight excluding hydrogens is 228 g/mol.